The highest BCUT2D eigenvalue weighted by Gasteiger charge is 2.37. The minimum Gasteiger partial charge on any atom is -0.395 e. The summed E-state index contributed by atoms with van der Waals surface area (Å²) in [5, 5.41) is 12.0. The van der Waals surface area contributed by atoms with Gasteiger partial charge in [0.05, 0.1) is 11.5 Å². The van der Waals surface area contributed by atoms with Crippen LogP contribution in [0.25, 0.3) is 0 Å². The van der Waals surface area contributed by atoms with Crippen molar-refractivity contribution in [3.8, 4) is 0 Å². The number of hydrogen-bond donors (Lipinski definition) is 2. The molecule has 144 valence electrons. The number of aliphatic hydroxyl groups is 1. The largest absolute Gasteiger partial charge is 0.395 e. The van der Waals surface area contributed by atoms with Crippen LogP contribution >= 0.6 is 0 Å². The molecule has 3 rings (SSSR count). The van der Waals surface area contributed by atoms with Crippen LogP contribution in [0.5, 0.6) is 0 Å². The number of aryl methyl sites for hydroxylation is 2. The molecule has 7 heteroatoms. The standard InChI is InChI=1S/C20H24N2O4S/c1-14-6-7-17(12-15(14)2)21-20(24)16-4-3-5-19(13-16)27(25,26)22(10-11-23)18-8-9-18/h3-7,12-13,18,23H,8-11H2,1-2H3,(H,21,24). The molecule has 0 saturated heterocycles. The van der Waals surface area contributed by atoms with Gasteiger partial charge in [0.1, 0.15) is 0 Å². The lowest BCUT2D eigenvalue weighted by atomic mass is 10.1. The number of anilines is 1. The van der Waals surface area contributed by atoms with E-state index >= 15 is 0 Å². The lowest BCUT2D eigenvalue weighted by Crippen LogP contribution is -2.35. The smallest absolute Gasteiger partial charge is 0.255 e. The molecule has 1 saturated carbocycles. The van der Waals surface area contributed by atoms with Gasteiger partial charge in [-0.3, -0.25) is 4.79 Å². The zero-order valence-corrected chi connectivity index (χ0v) is 16.3. The third kappa shape index (κ3) is 4.37. The molecule has 1 aliphatic carbocycles. The molecular formula is C20H24N2O4S. The fraction of sp³-hybridized carbons (Fsp3) is 0.350. The number of sulfonamides is 1. The summed E-state index contributed by atoms with van der Waals surface area (Å²) in [6.45, 7) is 3.79. The average molecular weight is 388 g/mol. The van der Waals surface area contributed by atoms with Gasteiger partial charge in [0, 0.05) is 23.8 Å². The zero-order chi connectivity index (χ0) is 19.6. The van der Waals surface area contributed by atoms with Crippen molar-refractivity contribution in [2.45, 2.75) is 37.6 Å². The number of nitrogens with zero attached hydrogens (tertiary/aromatic N) is 1. The van der Waals surface area contributed by atoms with Gasteiger partial charge in [-0.2, -0.15) is 4.31 Å². The zero-order valence-electron chi connectivity index (χ0n) is 15.5. The van der Waals surface area contributed by atoms with Gasteiger partial charge in [-0.05, 0) is 68.1 Å². The summed E-state index contributed by atoms with van der Waals surface area (Å²) in [4.78, 5) is 12.6. The molecule has 1 aliphatic rings. The summed E-state index contributed by atoms with van der Waals surface area (Å²) in [5.41, 5.74) is 3.13. The molecule has 0 radical (unpaired) electrons. The average Bonchev–Trinajstić information content (AvgIpc) is 3.47. The van der Waals surface area contributed by atoms with E-state index in [1.165, 1.54) is 16.4 Å². The summed E-state index contributed by atoms with van der Waals surface area (Å²) in [5.74, 6) is -0.365. The molecule has 27 heavy (non-hydrogen) atoms. The van der Waals surface area contributed by atoms with Crippen molar-refractivity contribution in [2.75, 3.05) is 18.5 Å². The van der Waals surface area contributed by atoms with Gasteiger partial charge in [0.2, 0.25) is 10.0 Å². The molecular weight excluding hydrogens is 364 g/mol. The van der Waals surface area contributed by atoms with Crippen molar-refractivity contribution in [1.29, 1.82) is 0 Å². The van der Waals surface area contributed by atoms with E-state index in [0.717, 1.165) is 24.0 Å². The molecule has 0 atom stereocenters. The van der Waals surface area contributed by atoms with Crippen LogP contribution in [-0.4, -0.2) is 42.9 Å². The summed E-state index contributed by atoms with van der Waals surface area (Å²) in [6.07, 6.45) is 1.60. The summed E-state index contributed by atoms with van der Waals surface area (Å²) in [7, 11) is -3.75. The maximum absolute atomic E-state index is 12.9. The molecule has 0 heterocycles. The highest BCUT2D eigenvalue weighted by atomic mass is 32.2. The number of nitrogens with one attached hydrogen (secondary N) is 1. The fourth-order valence-electron chi connectivity index (χ4n) is 2.92. The Kier molecular flexibility index (Phi) is 5.64. The van der Waals surface area contributed by atoms with E-state index in [4.69, 9.17) is 0 Å². The van der Waals surface area contributed by atoms with Gasteiger partial charge in [0.15, 0.2) is 0 Å². The van der Waals surface area contributed by atoms with Crippen LogP contribution in [0.2, 0.25) is 0 Å². The van der Waals surface area contributed by atoms with Crippen molar-refractivity contribution in [3.63, 3.8) is 0 Å². The molecule has 0 bridgehead atoms. The molecule has 0 unspecified atom stereocenters. The second-order valence-electron chi connectivity index (χ2n) is 6.85. The van der Waals surface area contributed by atoms with Gasteiger partial charge < -0.3 is 10.4 Å². The van der Waals surface area contributed by atoms with E-state index in [1.54, 1.807) is 12.1 Å². The lowest BCUT2D eigenvalue weighted by Gasteiger charge is -2.21. The van der Waals surface area contributed by atoms with E-state index in [1.807, 2.05) is 32.0 Å². The number of benzene rings is 2. The van der Waals surface area contributed by atoms with E-state index in [0.29, 0.717) is 5.69 Å². The Morgan fingerprint density at radius 3 is 2.52 bits per heavy atom. The van der Waals surface area contributed by atoms with Gasteiger partial charge in [-0.15, -0.1) is 0 Å². The number of rotatable bonds is 7. The number of carbonyl (C=O) groups is 1. The predicted octanol–water partition coefficient (Wildman–Crippen LogP) is 2.70. The lowest BCUT2D eigenvalue weighted by molar-refractivity contribution is 0.102. The highest BCUT2D eigenvalue weighted by Crippen LogP contribution is 2.32. The number of amides is 1. The van der Waals surface area contributed by atoms with Crippen LogP contribution in [-0.2, 0) is 10.0 Å². The second kappa shape index (κ2) is 7.80. The Morgan fingerprint density at radius 1 is 1.15 bits per heavy atom. The maximum Gasteiger partial charge on any atom is 0.255 e. The molecule has 1 fully saturated rings. The third-order valence-electron chi connectivity index (χ3n) is 4.74. The third-order valence-corrected chi connectivity index (χ3v) is 6.69. The van der Waals surface area contributed by atoms with Crippen molar-refractivity contribution in [1.82, 2.24) is 4.31 Å². The molecule has 6 nitrogen and oxygen atoms in total. The SMILES string of the molecule is Cc1ccc(NC(=O)c2cccc(S(=O)(=O)N(CCO)C3CC3)c2)cc1C. The van der Waals surface area contributed by atoms with E-state index < -0.39 is 10.0 Å². The Morgan fingerprint density at radius 2 is 1.89 bits per heavy atom. The normalized spacial score (nSPS) is 14.4. The first kappa shape index (κ1) is 19.5. The first-order chi connectivity index (χ1) is 12.8. The minimum absolute atomic E-state index is 0.0600. The summed E-state index contributed by atoms with van der Waals surface area (Å²) in [6, 6.07) is 11.6. The first-order valence-corrected chi connectivity index (χ1v) is 10.4. The van der Waals surface area contributed by atoms with E-state index in [9.17, 15) is 18.3 Å². The first-order valence-electron chi connectivity index (χ1n) is 8.94. The van der Waals surface area contributed by atoms with Gasteiger partial charge in [0.25, 0.3) is 5.91 Å². The van der Waals surface area contributed by atoms with E-state index in [2.05, 4.69) is 5.32 Å². The van der Waals surface area contributed by atoms with Crippen molar-refractivity contribution >= 4 is 21.6 Å². The Hall–Kier alpha value is -2.22. The number of aliphatic hydroxyl groups excluding tert-OH is 1. The molecule has 2 N–H and O–H groups in total. The molecule has 0 aliphatic heterocycles. The molecule has 0 spiro atoms. The van der Waals surface area contributed by atoms with Crippen molar-refractivity contribution in [3.05, 3.63) is 59.2 Å². The minimum atomic E-state index is -3.75. The van der Waals surface area contributed by atoms with Gasteiger partial charge in [-0.25, -0.2) is 8.42 Å². The number of hydrogen-bond acceptors (Lipinski definition) is 4. The quantitative estimate of drug-likeness (QED) is 0.764. The second-order valence-corrected chi connectivity index (χ2v) is 8.74. The van der Waals surface area contributed by atoms with E-state index in [-0.39, 0.29) is 35.6 Å². The summed E-state index contributed by atoms with van der Waals surface area (Å²) >= 11 is 0. The number of carbonyl (C=O) groups excluding carboxylic acids is 1. The van der Waals surface area contributed by atoms with Crippen LogP contribution in [0.3, 0.4) is 0 Å². The molecule has 1 amide bonds. The van der Waals surface area contributed by atoms with Crippen LogP contribution < -0.4 is 5.32 Å². The Balaban J connectivity index is 1.83. The van der Waals surface area contributed by atoms with Crippen molar-refractivity contribution in [2.24, 2.45) is 0 Å². The van der Waals surface area contributed by atoms with Crippen LogP contribution in [0.1, 0.15) is 34.3 Å². The predicted molar refractivity (Wildman–Crippen MR) is 104 cm³/mol. The van der Waals surface area contributed by atoms with Crippen LogP contribution in [0.15, 0.2) is 47.4 Å². The van der Waals surface area contributed by atoms with Crippen LogP contribution in [0, 0.1) is 13.8 Å². The highest BCUT2D eigenvalue weighted by molar-refractivity contribution is 7.89. The van der Waals surface area contributed by atoms with Gasteiger partial charge in [-0.1, -0.05) is 12.1 Å². The Labute approximate surface area is 159 Å². The fourth-order valence-corrected chi connectivity index (χ4v) is 4.64. The molecule has 2 aromatic rings. The van der Waals surface area contributed by atoms with Gasteiger partial charge >= 0.3 is 0 Å². The monoisotopic (exact) mass is 388 g/mol. The topological polar surface area (TPSA) is 86.7 Å². The van der Waals surface area contributed by atoms with Crippen molar-refractivity contribution < 1.29 is 18.3 Å². The van der Waals surface area contributed by atoms with Crippen LogP contribution in [0.4, 0.5) is 5.69 Å². The molecule has 2 aromatic carbocycles. The molecule has 0 aromatic heterocycles. The Bertz CT molecular complexity index is 952. The maximum atomic E-state index is 12.9. The summed E-state index contributed by atoms with van der Waals surface area (Å²) < 4.78 is 27.1.